The molecule has 7 nitrogen and oxygen atoms in total. The van der Waals surface area contributed by atoms with Crippen LogP contribution >= 0.6 is 0 Å². The van der Waals surface area contributed by atoms with Gasteiger partial charge in [-0.2, -0.15) is 0 Å². The lowest BCUT2D eigenvalue weighted by Gasteiger charge is -2.26. The van der Waals surface area contributed by atoms with Crippen molar-refractivity contribution in [3.8, 4) is 5.88 Å². The lowest BCUT2D eigenvalue weighted by Crippen LogP contribution is -2.22. The Morgan fingerprint density at radius 2 is 2.00 bits per heavy atom. The van der Waals surface area contributed by atoms with Crippen molar-refractivity contribution in [2.45, 2.75) is 57.6 Å². The van der Waals surface area contributed by atoms with Crippen LogP contribution in [0.1, 0.15) is 51.0 Å². The van der Waals surface area contributed by atoms with E-state index in [9.17, 15) is 5.11 Å². The van der Waals surface area contributed by atoms with Crippen molar-refractivity contribution in [2.75, 3.05) is 25.6 Å². The maximum Gasteiger partial charge on any atom is 0.224 e. The fourth-order valence-corrected chi connectivity index (χ4v) is 3.54. The smallest absolute Gasteiger partial charge is 0.224 e. The first-order chi connectivity index (χ1) is 12.6. The van der Waals surface area contributed by atoms with Crippen molar-refractivity contribution in [3.05, 3.63) is 18.0 Å². The molecule has 26 heavy (non-hydrogen) atoms. The van der Waals surface area contributed by atoms with Gasteiger partial charge in [0.2, 0.25) is 11.8 Å². The number of aliphatic hydroxyl groups is 1. The first-order valence-corrected chi connectivity index (χ1v) is 9.34. The number of anilines is 1. The Labute approximate surface area is 154 Å². The van der Waals surface area contributed by atoms with E-state index in [1.165, 1.54) is 0 Å². The molecule has 1 fully saturated rings. The van der Waals surface area contributed by atoms with E-state index < -0.39 is 0 Å². The van der Waals surface area contributed by atoms with Crippen molar-refractivity contribution in [2.24, 2.45) is 0 Å². The fraction of sp³-hybridized carbons (Fsp3) is 0.632. The number of hydrogen-bond acceptors (Lipinski definition) is 7. The molecule has 0 amide bonds. The molecule has 0 spiro atoms. The molecule has 0 saturated heterocycles. The molecule has 0 bridgehead atoms. The maximum absolute atomic E-state index is 9.81. The summed E-state index contributed by atoms with van der Waals surface area (Å²) in [7, 11) is 1.68. The maximum atomic E-state index is 9.81. The molecule has 3 rings (SSSR count). The van der Waals surface area contributed by atoms with Crippen LogP contribution in [0.15, 0.2) is 12.4 Å². The van der Waals surface area contributed by atoms with Gasteiger partial charge in [0.1, 0.15) is 0 Å². The average molecular weight is 360 g/mol. The second-order valence-corrected chi connectivity index (χ2v) is 6.91. The van der Waals surface area contributed by atoms with Crippen LogP contribution in [0.5, 0.6) is 5.88 Å². The highest BCUT2D eigenvalue weighted by molar-refractivity contribution is 5.86. The molecule has 142 valence electrons. The molecule has 0 radical (unpaired) electrons. The number of ether oxygens (including phenoxy) is 2. The molecule has 2 aromatic rings. The number of nitrogens with zero attached hydrogens (tertiary/aromatic N) is 3. The number of aliphatic hydroxyl groups excluding tert-OH is 1. The number of hydrogen-bond donors (Lipinski definition) is 2. The Morgan fingerprint density at radius 1 is 1.23 bits per heavy atom. The third-order valence-corrected chi connectivity index (χ3v) is 4.82. The summed E-state index contributed by atoms with van der Waals surface area (Å²) in [5, 5.41) is 13.9. The minimum absolute atomic E-state index is 0.110. The monoisotopic (exact) mass is 360 g/mol. The predicted molar refractivity (Wildman–Crippen MR) is 101 cm³/mol. The zero-order chi connectivity index (χ0) is 18.5. The molecule has 2 N–H and O–H groups in total. The number of nitrogens with one attached hydrogen (secondary N) is 1. The van der Waals surface area contributed by atoms with E-state index >= 15 is 0 Å². The van der Waals surface area contributed by atoms with Gasteiger partial charge in [-0.25, -0.2) is 15.0 Å². The largest absolute Gasteiger partial charge is 0.477 e. The van der Waals surface area contributed by atoms with Crippen molar-refractivity contribution in [1.29, 1.82) is 0 Å². The molecular formula is C19H28N4O3. The van der Waals surface area contributed by atoms with Gasteiger partial charge in [-0.1, -0.05) is 0 Å². The van der Waals surface area contributed by atoms with Gasteiger partial charge in [-0.05, 0) is 45.4 Å². The Bertz CT molecular complexity index is 732. The van der Waals surface area contributed by atoms with Gasteiger partial charge in [-0.3, -0.25) is 0 Å². The zero-order valence-corrected chi connectivity index (χ0v) is 15.7. The third-order valence-electron chi connectivity index (χ3n) is 4.82. The SMILES string of the molecule is CCOc1ncc(C2CCC(O)CC2)c2nc(N[C@@H](C)COC)ncc12. The van der Waals surface area contributed by atoms with Gasteiger partial charge < -0.3 is 19.9 Å². The summed E-state index contributed by atoms with van der Waals surface area (Å²) in [6.45, 7) is 5.09. The lowest BCUT2D eigenvalue weighted by atomic mass is 9.83. The van der Waals surface area contributed by atoms with Crippen molar-refractivity contribution in [1.82, 2.24) is 15.0 Å². The molecular weight excluding hydrogens is 332 g/mol. The summed E-state index contributed by atoms with van der Waals surface area (Å²) >= 11 is 0. The Hall–Kier alpha value is -1.99. The van der Waals surface area contributed by atoms with Crippen LogP contribution in [0.25, 0.3) is 10.9 Å². The minimum Gasteiger partial charge on any atom is -0.477 e. The predicted octanol–water partition coefficient (Wildman–Crippen LogP) is 2.89. The fourth-order valence-electron chi connectivity index (χ4n) is 3.54. The first kappa shape index (κ1) is 18.8. The number of fused-ring (bicyclic) bond motifs is 1. The molecule has 7 heteroatoms. The number of methoxy groups -OCH3 is 1. The van der Waals surface area contributed by atoms with E-state index in [0.717, 1.165) is 42.1 Å². The van der Waals surface area contributed by atoms with Crippen LogP contribution in [0, 0.1) is 0 Å². The molecule has 0 aromatic carbocycles. The van der Waals surface area contributed by atoms with Crippen molar-refractivity contribution < 1.29 is 14.6 Å². The van der Waals surface area contributed by atoms with Gasteiger partial charge in [-0.15, -0.1) is 0 Å². The molecule has 0 unspecified atom stereocenters. The third kappa shape index (κ3) is 4.22. The van der Waals surface area contributed by atoms with Crippen LogP contribution in [0.3, 0.4) is 0 Å². The van der Waals surface area contributed by atoms with Gasteiger partial charge in [0.05, 0.1) is 30.2 Å². The van der Waals surface area contributed by atoms with E-state index in [1.807, 2.05) is 20.0 Å². The van der Waals surface area contributed by atoms with E-state index in [2.05, 4.69) is 15.3 Å². The van der Waals surface area contributed by atoms with Gasteiger partial charge >= 0.3 is 0 Å². The van der Waals surface area contributed by atoms with Crippen molar-refractivity contribution in [3.63, 3.8) is 0 Å². The normalized spacial score (nSPS) is 21.5. The van der Waals surface area contributed by atoms with E-state index in [0.29, 0.717) is 31.0 Å². The summed E-state index contributed by atoms with van der Waals surface area (Å²) in [4.78, 5) is 13.7. The van der Waals surface area contributed by atoms with Crippen molar-refractivity contribution >= 4 is 16.9 Å². The van der Waals surface area contributed by atoms with E-state index in [4.69, 9.17) is 14.5 Å². The summed E-state index contributed by atoms with van der Waals surface area (Å²) in [5.41, 5.74) is 1.99. The quantitative estimate of drug-likeness (QED) is 0.785. The molecule has 0 aliphatic heterocycles. The topological polar surface area (TPSA) is 89.4 Å². The minimum atomic E-state index is -0.185. The van der Waals surface area contributed by atoms with E-state index in [1.54, 1.807) is 13.3 Å². The Balaban J connectivity index is 1.98. The molecule has 1 atom stereocenters. The summed E-state index contributed by atoms with van der Waals surface area (Å²) < 4.78 is 10.8. The second kappa shape index (κ2) is 8.60. The van der Waals surface area contributed by atoms with Gasteiger partial charge in [0.15, 0.2) is 0 Å². The highest BCUT2D eigenvalue weighted by Crippen LogP contribution is 2.37. The molecule has 1 aliphatic carbocycles. The molecule has 1 aliphatic rings. The number of rotatable bonds is 7. The average Bonchev–Trinajstić information content (AvgIpc) is 2.63. The number of aromatic nitrogens is 3. The highest BCUT2D eigenvalue weighted by atomic mass is 16.5. The van der Waals surface area contributed by atoms with Gasteiger partial charge in [0.25, 0.3) is 0 Å². The van der Waals surface area contributed by atoms with Crippen LogP contribution in [-0.2, 0) is 4.74 Å². The Morgan fingerprint density at radius 3 is 2.69 bits per heavy atom. The van der Waals surface area contributed by atoms with Gasteiger partial charge in [0, 0.05) is 31.1 Å². The van der Waals surface area contributed by atoms with E-state index in [-0.39, 0.29) is 12.1 Å². The Kier molecular flexibility index (Phi) is 6.21. The zero-order valence-electron chi connectivity index (χ0n) is 15.7. The van der Waals surface area contributed by atoms with Crippen LogP contribution in [0.2, 0.25) is 0 Å². The second-order valence-electron chi connectivity index (χ2n) is 6.91. The lowest BCUT2D eigenvalue weighted by molar-refractivity contribution is 0.122. The standard InChI is InChI=1S/C19H28N4O3/c1-4-26-18-16-10-21-19(22-12(2)11-25-3)23-17(16)15(9-20-18)13-5-7-14(24)8-6-13/h9-10,12-14,24H,4-8,11H2,1-3H3,(H,21,22,23)/t12-,13?,14?/m0/s1. The molecule has 2 heterocycles. The van der Waals surface area contributed by atoms with Crippen LogP contribution in [-0.4, -0.2) is 52.5 Å². The highest BCUT2D eigenvalue weighted by Gasteiger charge is 2.24. The first-order valence-electron chi connectivity index (χ1n) is 9.34. The number of pyridine rings is 1. The summed E-state index contributed by atoms with van der Waals surface area (Å²) in [5.74, 6) is 1.50. The van der Waals surface area contributed by atoms with Crippen LogP contribution in [0.4, 0.5) is 5.95 Å². The molecule has 1 saturated carbocycles. The summed E-state index contributed by atoms with van der Waals surface area (Å²) in [6, 6.07) is 0.110. The van der Waals surface area contributed by atoms with Crippen LogP contribution < -0.4 is 10.1 Å². The molecule has 2 aromatic heterocycles. The summed E-state index contributed by atoms with van der Waals surface area (Å²) in [6.07, 6.45) is 7.00.